The average molecular weight is 153 g/mol. The smallest absolute Gasteiger partial charge is 0.146 e. The van der Waals surface area contributed by atoms with Crippen LogP contribution in [0.2, 0.25) is 0 Å². The Kier molecular flexibility index (Phi) is 5.07. The van der Waals surface area contributed by atoms with Gasteiger partial charge in [-0.3, -0.25) is 0 Å². The molecule has 62 valence electrons. The molecule has 0 spiro atoms. The number of amidine groups is 1. The molecule has 0 aliphatic heterocycles. The third-order valence-corrected chi connectivity index (χ3v) is 1.06. The van der Waals surface area contributed by atoms with Crippen molar-refractivity contribution in [1.29, 1.82) is 0 Å². The van der Waals surface area contributed by atoms with Gasteiger partial charge >= 0.3 is 0 Å². The number of hydrogen-bond donors (Lipinski definition) is 1. The number of nitrogens with two attached hydrogens (primary N) is 1. The van der Waals surface area contributed by atoms with Crippen molar-refractivity contribution in [2.45, 2.75) is 26.7 Å². The predicted molar refractivity (Wildman–Crippen MR) is 49.8 cm³/mol. The lowest BCUT2D eigenvalue weighted by Gasteiger charge is -1.93. The van der Waals surface area contributed by atoms with Gasteiger partial charge in [0.15, 0.2) is 0 Å². The van der Waals surface area contributed by atoms with E-state index in [0.29, 0.717) is 11.7 Å². The van der Waals surface area contributed by atoms with Crippen LogP contribution in [-0.2, 0) is 0 Å². The van der Waals surface area contributed by atoms with Crippen LogP contribution in [0.4, 0.5) is 0 Å². The third kappa shape index (κ3) is 5.33. The number of hydrogen-bond acceptors (Lipinski definition) is 2. The number of nitrogens with zero attached hydrogens (tertiary/aromatic N) is 2. The van der Waals surface area contributed by atoms with E-state index in [2.05, 4.69) is 16.6 Å². The number of rotatable bonds is 4. The summed E-state index contributed by atoms with van der Waals surface area (Å²) < 4.78 is 0. The van der Waals surface area contributed by atoms with Crippen LogP contribution in [0.3, 0.4) is 0 Å². The summed E-state index contributed by atoms with van der Waals surface area (Å²) in [6.07, 6.45) is 3.38. The van der Waals surface area contributed by atoms with E-state index < -0.39 is 0 Å². The first-order chi connectivity index (χ1) is 5.20. The van der Waals surface area contributed by atoms with Gasteiger partial charge in [0.05, 0.1) is 0 Å². The van der Waals surface area contributed by atoms with Crippen molar-refractivity contribution in [3.05, 3.63) is 12.4 Å². The van der Waals surface area contributed by atoms with Crippen LogP contribution in [-0.4, -0.2) is 12.1 Å². The molecule has 0 bridgehead atoms. The summed E-state index contributed by atoms with van der Waals surface area (Å²) in [7, 11) is 0. The van der Waals surface area contributed by atoms with Gasteiger partial charge in [-0.05, 0) is 6.42 Å². The molecule has 0 rings (SSSR count). The molecule has 11 heavy (non-hydrogen) atoms. The molecule has 3 nitrogen and oxygen atoms in total. The Morgan fingerprint density at radius 2 is 2.18 bits per heavy atom. The van der Waals surface area contributed by atoms with Crippen molar-refractivity contribution in [2.75, 3.05) is 0 Å². The van der Waals surface area contributed by atoms with Gasteiger partial charge in [0.25, 0.3) is 0 Å². The molecule has 0 unspecified atom stereocenters. The fourth-order valence-corrected chi connectivity index (χ4v) is 0.470. The summed E-state index contributed by atoms with van der Waals surface area (Å²) in [5.74, 6) is 1.05. The Morgan fingerprint density at radius 1 is 1.55 bits per heavy atom. The van der Waals surface area contributed by atoms with Crippen LogP contribution in [0, 0.1) is 0 Å². The summed E-state index contributed by atoms with van der Waals surface area (Å²) in [4.78, 5) is 7.88. The van der Waals surface area contributed by atoms with Crippen molar-refractivity contribution in [3.63, 3.8) is 0 Å². The molecule has 0 aromatic rings. The first kappa shape index (κ1) is 9.88. The van der Waals surface area contributed by atoms with Crippen molar-refractivity contribution < 1.29 is 0 Å². The Labute approximate surface area is 67.7 Å². The lowest BCUT2D eigenvalue weighted by atomic mass is 10.4. The highest BCUT2D eigenvalue weighted by Crippen LogP contribution is 1.94. The number of aliphatic imine (C=N–C) groups is 2. The molecule has 0 atom stereocenters. The Bertz CT molecular complexity index is 180. The second-order valence-corrected chi connectivity index (χ2v) is 2.09. The van der Waals surface area contributed by atoms with Gasteiger partial charge < -0.3 is 5.73 Å². The van der Waals surface area contributed by atoms with E-state index in [0.717, 1.165) is 12.8 Å². The zero-order chi connectivity index (χ0) is 8.69. The first-order valence-electron chi connectivity index (χ1n) is 3.75. The second kappa shape index (κ2) is 5.65. The molecular weight excluding hydrogens is 138 g/mol. The van der Waals surface area contributed by atoms with Gasteiger partial charge in [-0.1, -0.05) is 20.4 Å². The molecule has 3 heteroatoms. The van der Waals surface area contributed by atoms with Gasteiger partial charge in [0.2, 0.25) is 0 Å². The molecule has 0 radical (unpaired) electrons. The van der Waals surface area contributed by atoms with Crippen LogP contribution in [0.5, 0.6) is 0 Å². The summed E-state index contributed by atoms with van der Waals surface area (Å²) >= 11 is 0. The predicted octanol–water partition coefficient (Wildman–Crippen LogP) is 1.71. The van der Waals surface area contributed by atoms with E-state index in [9.17, 15) is 0 Å². The molecule has 0 aromatic carbocycles. The molecule has 0 saturated heterocycles. The normalized spacial score (nSPS) is 12.4. The maximum absolute atomic E-state index is 5.46. The Morgan fingerprint density at radius 3 is 2.64 bits per heavy atom. The van der Waals surface area contributed by atoms with Crippen molar-refractivity contribution in [3.8, 4) is 0 Å². The van der Waals surface area contributed by atoms with Crippen LogP contribution in [0.1, 0.15) is 26.7 Å². The lowest BCUT2D eigenvalue weighted by Crippen LogP contribution is -2.09. The fourth-order valence-electron chi connectivity index (χ4n) is 0.470. The Balaban J connectivity index is 3.96. The van der Waals surface area contributed by atoms with E-state index in [-0.39, 0.29) is 0 Å². The summed E-state index contributed by atoms with van der Waals surface area (Å²) in [5.41, 5.74) is 5.46. The zero-order valence-electron chi connectivity index (χ0n) is 7.17. The second-order valence-electron chi connectivity index (χ2n) is 2.09. The molecule has 0 saturated carbocycles. The minimum Gasteiger partial charge on any atom is -0.387 e. The topological polar surface area (TPSA) is 50.7 Å². The largest absolute Gasteiger partial charge is 0.387 e. The van der Waals surface area contributed by atoms with Gasteiger partial charge in [0.1, 0.15) is 11.7 Å². The van der Waals surface area contributed by atoms with Gasteiger partial charge in [0, 0.05) is 12.6 Å². The molecule has 0 aliphatic carbocycles. The summed E-state index contributed by atoms with van der Waals surface area (Å²) in [6, 6.07) is 0. The standard InChI is InChI=1S/C8H15N3/c1-4-6-10-7(3)11-8(9)5-2/h6H,3-5H2,1-2H3,(H2,9,11). The SMILES string of the molecule is C=C(N=CCC)N=C(N)CC. The monoisotopic (exact) mass is 153 g/mol. The molecule has 0 amide bonds. The summed E-state index contributed by atoms with van der Waals surface area (Å²) in [5, 5.41) is 0. The highest BCUT2D eigenvalue weighted by atomic mass is 15.0. The zero-order valence-corrected chi connectivity index (χ0v) is 7.17. The van der Waals surface area contributed by atoms with Crippen molar-refractivity contribution >= 4 is 12.1 Å². The molecule has 0 fully saturated rings. The van der Waals surface area contributed by atoms with E-state index in [1.165, 1.54) is 0 Å². The van der Waals surface area contributed by atoms with E-state index in [1.807, 2.05) is 13.8 Å². The maximum Gasteiger partial charge on any atom is 0.146 e. The quantitative estimate of drug-likeness (QED) is 0.485. The molecular formula is C8H15N3. The van der Waals surface area contributed by atoms with Crippen molar-refractivity contribution in [2.24, 2.45) is 15.7 Å². The van der Waals surface area contributed by atoms with Gasteiger partial charge in [-0.25, -0.2) is 9.98 Å². The highest BCUT2D eigenvalue weighted by molar-refractivity contribution is 5.81. The lowest BCUT2D eigenvalue weighted by molar-refractivity contribution is 1.17. The van der Waals surface area contributed by atoms with Crippen LogP contribution < -0.4 is 5.73 Å². The van der Waals surface area contributed by atoms with Crippen molar-refractivity contribution in [1.82, 2.24) is 0 Å². The first-order valence-corrected chi connectivity index (χ1v) is 3.75. The van der Waals surface area contributed by atoms with Crippen LogP contribution in [0.15, 0.2) is 22.4 Å². The van der Waals surface area contributed by atoms with E-state index in [1.54, 1.807) is 6.21 Å². The minimum absolute atomic E-state index is 0.478. The van der Waals surface area contributed by atoms with Gasteiger partial charge in [-0.15, -0.1) is 0 Å². The van der Waals surface area contributed by atoms with E-state index >= 15 is 0 Å². The fraction of sp³-hybridized carbons (Fsp3) is 0.500. The van der Waals surface area contributed by atoms with Crippen LogP contribution in [0.25, 0.3) is 0 Å². The average Bonchev–Trinajstić information content (AvgIpc) is 2.00. The van der Waals surface area contributed by atoms with E-state index in [4.69, 9.17) is 5.73 Å². The molecule has 0 aromatic heterocycles. The minimum atomic E-state index is 0.478. The highest BCUT2D eigenvalue weighted by Gasteiger charge is 1.86. The third-order valence-electron chi connectivity index (χ3n) is 1.06. The summed E-state index contributed by atoms with van der Waals surface area (Å²) in [6.45, 7) is 7.56. The molecule has 0 heterocycles. The Hall–Kier alpha value is -1.12. The molecule has 2 N–H and O–H groups in total. The van der Waals surface area contributed by atoms with Gasteiger partial charge in [-0.2, -0.15) is 0 Å². The van der Waals surface area contributed by atoms with Crippen LogP contribution >= 0.6 is 0 Å². The maximum atomic E-state index is 5.46. The molecule has 0 aliphatic rings.